The summed E-state index contributed by atoms with van der Waals surface area (Å²) >= 11 is 0. The first-order valence-corrected chi connectivity index (χ1v) is 12.0. The van der Waals surface area contributed by atoms with Gasteiger partial charge >= 0.3 is 0 Å². The molecule has 1 aromatic rings. The number of hydrogen-bond acceptors (Lipinski definition) is 3. The third kappa shape index (κ3) is 7.53. The zero-order valence-electron chi connectivity index (χ0n) is 20.2. The molecule has 1 fully saturated rings. The quantitative estimate of drug-likeness (QED) is 0.392. The Morgan fingerprint density at radius 2 is 1.81 bits per heavy atom. The maximum atomic E-state index is 11.7. The number of amides is 1. The number of benzene rings is 1. The van der Waals surface area contributed by atoms with Crippen LogP contribution in [0.15, 0.2) is 35.3 Å². The highest BCUT2D eigenvalue weighted by molar-refractivity contribution is 5.80. The molecule has 1 unspecified atom stereocenters. The molecule has 6 heteroatoms. The van der Waals surface area contributed by atoms with Crippen LogP contribution in [0.1, 0.15) is 71.4 Å². The van der Waals surface area contributed by atoms with Crippen LogP contribution < -0.4 is 16.0 Å². The monoisotopic (exact) mass is 429 g/mol. The largest absolute Gasteiger partial charge is 0.359 e. The zero-order valence-corrected chi connectivity index (χ0v) is 20.2. The van der Waals surface area contributed by atoms with Gasteiger partial charge in [0.25, 0.3) is 0 Å². The Morgan fingerprint density at radius 3 is 2.35 bits per heavy atom. The summed E-state index contributed by atoms with van der Waals surface area (Å²) in [5.74, 6) is 1.62. The summed E-state index contributed by atoms with van der Waals surface area (Å²) in [6.07, 6.45) is 4.76. The molecule has 1 atom stereocenters. The summed E-state index contributed by atoms with van der Waals surface area (Å²) in [7, 11) is 1.72. The lowest BCUT2D eigenvalue weighted by Crippen LogP contribution is -2.50. The van der Waals surface area contributed by atoms with Crippen LogP contribution in [0.2, 0.25) is 0 Å². The fourth-order valence-electron chi connectivity index (χ4n) is 4.37. The molecule has 1 aliphatic heterocycles. The molecule has 6 nitrogen and oxygen atoms in total. The maximum absolute atomic E-state index is 11.7. The highest BCUT2D eigenvalue weighted by atomic mass is 16.1. The average Bonchev–Trinajstić information content (AvgIpc) is 2.81. The Kier molecular flexibility index (Phi) is 10.3. The normalized spacial score (nSPS) is 16.8. The minimum absolute atomic E-state index is 0.0343. The van der Waals surface area contributed by atoms with Gasteiger partial charge in [-0.15, -0.1) is 0 Å². The van der Waals surface area contributed by atoms with E-state index in [2.05, 4.69) is 78.9 Å². The minimum atomic E-state index is -0.0343. The number of guanidine groups is 1. The van der Waals surface area contributed by atoms with Crippen molar-refractivity contribution in [1.29, 1.82) is 0 Å². The summed E-state index contributed by atoms with van der Waals surface area (Å²) in [5, 5.41) is 10.1. The number of carbonyl (C=O) groups excluding carboxylic acids is 1. The van der Waals surface area contributed by atoms with Gasteiger partial charge in [0.2, 0.25) is 5.91 Å². The van der Waals surface area contributed by atoms with Crippen LogP contribution in [-0.4, -0.2) is 55.5 Å². The van der Waals surface area contributed by atoms with Crippen LogP contribution >= 0.6 is 0 Å². The van der Waals surface area contributed by atoms with E-state index < -0.39 is 0 Å². The van der Waals surface area contributed by atoms with Crippen molar-refractivity contribution in [1.82, 2.24) is 20.9 Å². The molecule has 3 N–H and O–H groups in total. The van der Waals surface area contributed by atoms with Crippen LogP contribution in [-0.2, 0) is 4.79 Å². The van der Waals surface area contributed by atoms with Crippen molar-refractivity contribution < 1.29 is 4.79 Å². The van der Waals surface area contributed by atoms with Crippen LogP contribution in [0.4, 0.5) is 0 Å². The predicted octanol–water partition coefficient (Wildman–Crippen LogP) is 3.71. The molecule has 1 aliphatic rings. The fraction of sp³-hybridized carbons (Fsp3) is 0.680. The van der Waals surface area contributed by atoms with E-state index in [1.807, 2.05) is 0 Å². The number of carbonyl (C=O) groups is 1. The number of piperidine rings is 1. The first kappa shape index (κ1) is 25.2. The molecule has 0 radical (unpaired) electrons. The molecule has 2 rings (SSSR count). The summed E-state index contributed by atoms with van der Waals surface area (Å²) < 4.78 is 0. The first-order valence-electron chi connectivity index (χ1n) is 12.0. The zero-order chi connectivity index (χ0) is 22.7. The van der Waals surface area contributed by atoms with Crippen molar-refractivity contribution in [2.45, 2.75) is 71.4 Å². The SMILES string of the molecule is CCNC(=NCC(CC)(CC)NC(C)c1ccccc1)N1CCC(CC(=O)NC)CC1. The number of nitrogens with one attached hydrogen (secondary N) is 3. The van der Waals surface area contributed by atoms with Crippen molar-refractivity contribution in [3.05, 3.63) is 35.9 Å². The predicted molar refractivity (Wildman–Crippen MR) is 130 cm³/mol. The number of aliphatic imine (C=N–C) groups is 1. The van der Waals surface area contributed by atoms with Gasteiger partial charge in [0, 0.05) is 44.7 Å². The molecule has 1 saturated heterocycles. The highest BCUT2D eigenvalue weighted by Gasteiger charge is 2.29. The Morgan fingerprint density at radius 1 is 1.16 bits per heavy atom. The Balaban J connectivity index is 2.04. The summed E-state index contributed by atoms with van der Waals surface area (Å²) in [5.41, 5.74) is 1.27. The molecule has 1 amide bonds. The number of rotatable bonds is 10. The lowest BCUT2D eigenvalue weighted by molar-refractivity contribution is -0.121. The van der Waals surface area contributed by atoms with E-state index in [0.29, 0.717) is 12.3 Å². The molecule has 0 bridgehead atoms. The van der Waals surface area contributed by atoms with Crippen LogP contribution in [0, 0.1) is 5.92 Å². The second-order valence-corrected chi connectivity index (χ2v) is 8.74. The van der Waals surface area contributed by atoms with Crippen LogP contribution in [0.25, 0.3) is 0 Å². The van der Waals surface area contributed by atoms with Gasteiger partial charge < -0.3 is 20.9 Å². The first-order chi connectivity index (χ1) is 15.0. The van der Waals surface area contributed by atoms with Gasteiger partial charge in [0.1, 0.15) is 0 Å². The molecule has 0 spiro atoms. The van der Waals surface area contributed by atoms with E-state index in [1.165, 1.54) is 5.56 Å². The van der Waals surface area contributed by atoms with Crippen molar-refractivity contribution in [3.8, 4) is 0 Å². The van der Waals surface area contributed by atoms with Gasteiger partial charge in [-0.1, -0.05) is 44.2 Å². The van der Waals surface area contributed by atoms with Gasteiger partial charge in [0.05, 0.1) is 6.54 Å². The second kappa shape index (κ2) is 12.7. The summed E-state index contributed by atoms with van der Waals surface area (Å²) in [4.78, 5) is 19.2. The van der Waals surface area contributed by atoms with Crippen LogP contribution in [0.3, 0.4) is 0 Å². The second-order valence-electron chi connectivity index (χ2n) is 8.74. The van der Waals surface area contributed by atoms with E-state index >= 15 is 0 Å². The lowest BCUT2D eigenvalue weighted by atomic mass is 9.90. The lowest BCUT2D eigenvalue weighted by Gasteiger charge is -2.37. The van der Waals surface area contributed by atoms with Crippen molar-refractivity contribution in [2.24, 2.45) is 10.9 Å². The van der Waals surface area contributed by atoms with Crippen LogP contribution in [0.5, 0.6) is 0 Å². The van der Waals surface area contributed by atoms with Gasteiger partial charge in [-0.25, -0.2) is 0 Å². The molecular weight excluding hydrogens is 386 g/mol. The molecule has 31 heavy (non-hydrogen) atoms. The third-order valence-electron chi connectivity index (χ3n) is 6.71. The fourth-order valence-corrected chi connectivity index (χ4v) is 4.37. The topological polar surface area (TPSA) is 68.8 Å². The standard InChI is InChI=1S/C25H43N5O/c1-6-25(7-2,29-20(4)22-12-10-9-11-13-22)19-28-24(27-8-3)30-16-14-21(15-17-30)18-23(31)26-5/h9-13,20-21,29H,6-8,14-19H2,1-5H3,(H,26,31)(H,27,28). The number of likely N-dealkylation sites (tertiary alicyclic amines) is 1. The molecule has 174 valence electrons. The average molecular weight is 430 g/mol. The molecule has 1 aromatic carbocycles. The Bertz CT molecular complexity index is 678. The summed E-state index contributed by atoms with van der Waals surface area (Å²) in [6, 6.07) is 10.9. The third-order valence-corrected chi connectivity index (χ3v) is 6.71. The number of hydrogen-bond donors (Lipinski definition) is 3. The van der Waals surface area contributed by atoms with E-state index in [-0.39, 0.29) is 17.5 Å². The maximum Gasteiger partial charge on any atom is 0.220 e. The molecule has 0 aliphatic carbocycles. The Hall–Kier alpha value is -2.08. The van der Waals surface area contributed by atoms with E-state index in [1.54, 1.807) is 7.05 Å². The van der Waals surface area contributed by atoms with Gasteiger partial charge in [-0.3, -0.25) is 9.79 Å². The molecule has 0 saturated carbocycles. The van der Waals surface area contributed by atoms with Gasteiger partial charge in [-0.05, 0) is 51.0 Å². The molecule has 1 heterocycles. The Labute approximate surface area is 189 Å². The van der Waals surface area contributed by atoms with Gasteiger partial charge in [-0.2, -0.15) is 0 Å². The van der Waals surface area contributed by atoms with Crippen molar-refractivity contribution in [3.63, 3.8) is 0 Å². The van der Waals surface area contributed by atoms with Gasteiger partial charge in [0.15, 0.2) is 5.96 Å². The minimum Gasteiger partial charge on any atom is -0.359 e. The van der Waals surface area contributed by atoms with Crippen molar-refractivity contribution >= 4 is 11.9 Å². The number of nitrogens with zero attached hydrogens (tertiary/aromatic N) is 2. The van der Waals surface area contributed by atoms with Crippen molar-refractivity contribution in [2.75, 3.05) is 33.2 Å². The van der Waals surface area contributed by atoms with E-state index in [0.717, 1.165) is 57.8 Å². The molecule has 0 aromatic heterocycles. The summed E-state index contributed by atoms with van der Waals surface area (Å²) in [6.45, 7) is 12.4. The highest BCUT2D eigenvalue weighted by Crippen LogP contribution is 2.24. The van der Waals surface area contributed by atoms with E-state index in [4.69, 9.17) is 4.99 Å². The van der Waals surface area contributed by atoms with E-state index in [9.17, 15) is 4.79 Å². The molecular formula is C25H43N5O. The smallest absolute Gasteiger partial charge is 0.220 e.